The van der Waals surface area contributed by atoms with E-state index in [-0.39, 0.29) is 5.41 Å². The number of nitrogens with zero attached hydrogens (tertiary/aromatic N) is 3. The van der Waals surface area contributed by atoms with Crippen LogP contribution in [0.5, 0.6) is 11.6 Å². The van der Waals surface area contributed by atoms with Crippen molar-refractivity contribution < 1.29 is 4.74 Å². The fraction of sp³-hybridized carbons (Fsp3) is 0.273. The second kappa shape index (κ2) is 7.00. The van der Waals surface area contributed by atoms with Gasteiger partial charge in [-0.15, -0.1) is 0 Å². The largest absolute Gasteiger partial charge is 0.437 e. The minimum atomic E-state index is 0.0895. The lowest BCUT2D eigenvalue weighted by Crippen LogP contribution is -2.39. The Kier molecular flexibility index (Phi) is 4.47. The van der Waals surface area contributed by atoms with Crippen molar-refractivity contribution in [2.45, 2.75) is 24.8 Å². The molecule has 0 spiro atoms. The van der Waals surface area contributed by atoms with Crippen molar-refractivity contribution in [3.05, 3.63) is 75.1 Å². The molecule has 0 saturated carbocycles. The molecule has 3 aliphatic heterocycles. The van der Waals surface area contributed by atoms with Gasteiger partial charge in [0.15, 0.2) is 0 Å². The van der Waals surface area contributed by atoms with Gasteiger partial charge in [0.2, 0.25) is 5.88 Å². The first kappa shape index (κ1) is 17.9. The molecule has 1 saturated heterocycles. The van der Waals surface area contributed by atoms with Crippen LogP contribution in [-0.2, 0) is 12.0 Å². The number of ether oxygens (including phenoxy) is 1. The van der Waals surface area contributed by atoms with Gasteiger partial charge in [-0.2, -0.15) is 0 Å². The topological polar surface area (TPSA) is 64.3 Å². The Morgan fingerprint density at radius 2 is 1.79 bits per heavy atom. The van der Waals surface area contributed by atoms with Crippen LogP contribution >= 0.6 is 22.6 Å². The number of aromatic nitrogens is 2. The smallest absolute Gasteiger partial charge is 0.237 e. The summed E-state index contributed by atoms with van der Waals surface area (Å²) in [6.07, 6.45) is 5.38. The molecule has 4 heterocycles. The van der Waals surface area contributed by atoms with E-state index in [0.717, 1.165) is 38.2 Å². The fourth-order valence-electron chi connectivity index (χ4n) is 4.55. The lowest BCUT2D eigenvalue weighted by molar-refractivity contribution is 0.190. The Labute approximate surface area is 178 Å². The summed E-state index contributed by atoms with van der Waals surface area (Å²) in [7, 11) is 0. The Balaban J connectivity index is 1.55. The molecule has 0 unspecified atom stereocenters. The predicted octanol–water partition coefficient (Wildman–Crippen LogP) is 4.35. The Morgan fingerprint density at radius 1 is 1.00 bits per heavy atom. The summed E-state index contributed by atoms with van der Waals surface area (Å²) in [5.74, 6) is 1.63. The highest BCUT2D eigenvalue weighted by atomic mass is 127. The van der Waals surface area contributed by atoms with Gasteiger partial charge in [-0.25, -0.2) is 9.97 Å². The van der Waals surface area contributed by atoms with E-state index in [1.54, 1.807) is 6.20 Å². The molecule has 0 atom stereocenters. The molecule has 3 aliphatic rings. The highest BCUT2D eigenvalue weighted by Crippen LogP contribution is 2.47. The molecule has 6 rings (SSSR count). The van der Waals surface area contributed by atoms with E-state index in [4.69, 9.17) is 10.5 Å². The van der Waals surface area contributed by atoms with E-state index in [2.05, 4.69) is 79.9 Å². The zero-order valence-corrected chi connectivity index (χ0v) is 17.6. The Bertz CT molecular complexity index is 996. The van der Waals surface area contributed by atoms with Crippen molar-refractivity contribution in [2.24, 2.45) is 0 Å². The third-order valence-electron chi connectivity index (χ3n) is 5.96. The van der Waals surface area contributed by atoms with Gasteiger partial charge in [0, 0.05) is 15.5 Å². The van der Waals surface area contributed by atoms with Crippen molar-refractivity contribution in [1.82, 2.24) is 14.9 Å². The molecular formula is C22H21IN4O. The van der Waals surface area contributed by atoms with E-state index in [9.17, 15) is 0 Å². The maximum absolute atomic E-state index is 5.94. The molecule has 28 heavy (non-hydrogen) atoms. The monoisotopic (exact) mass is 484 g/mol. The van der Waals surface area contributed by atoms with Crippen molar-refractivity contribution >= 4 is 28.4 Å². The number of hydrogen-bond donors (Lipinski definition) is 1. The van der Waals surface area contributed by atoms with Crippen LogP contribution in [0.2, 0.25) is 0 Å². The maximum Gasteiger partial charge on any atom is 0.237 e. The fourth-order valence-corrected chi connectivity index (χ4v) is 4.91. The highest BCUT2D eigenvalue weighted by molar-refractivity contribution is 14.1. The van der Waals surface area contributed by atoms with Crippen LogP contribution in [0.4, 0.5) is 5.82 Å². The molecule has 1 fully saturated rings. The number of nitrogen functional groups attached to an aromatic ring is 1. The van der Waals surface area contributed by atoms with Gasteiger partial charge in [0.25, 0.3) is 0 Å². The highest BCUT2D eigenvalue weighted by Gasteiger charge is 2.42. The van der Waals surface area contributed by atoms with Crippen molar-refractivity contribution in [2.75, 3.05) is 18.8 Å². The average molecular weight is 484 g/mol. The first-order valence-electron chi connectivity index (χ1n) is 9.50. The van der Waals surface area contributed by atoms with Gasteiger partial charge in [0.1, 0.15) is 11.6 Å². The number of fused-ring (bicyclic) bond motifs is 2. The van der Waals surface area contributed by atoms with E-state index < -0.39 is 0 Å². The van der Waals surface area contributed by atoms with Crippen molar-refractivity contribution in [3.63, 3.8) is 0 Å². The summed E-state index contributed by atoms with van der Waals surface area (Å²) >= 11 is 2.37. The van der Waals surface area contributed by atoms with Crippen molar-refractivity contribution in [1.29, 1.82) is 0 Å². The van der Waals surface area contributed by atoms with Crippen LogP contribution in [0.25, 0.3) is 0 Å². The Hall–Kier alpha value is -2.19. The first-order valence-corrected chi connectivity index (χ1v) is 10.6. The van der Waals surface area contributed by atoms with Gasteiger partial charge in [-0.3, -0.25) is 4.90 Å². The van der Waals surface area contributed by atoms with Crippen LogP contribution in [0.15, 0.2) is 54.9 Å². The number of hydrogen-bond acceptors (Lipinski definition) is 5. The molecular weight excluding hydrogens is 463 g/mol. The molecule has 6 heteroatoms. The van der Waals surface area contributed by atoms with E-state index >= 15 is 0 Å². The predicted molar refractivity (Wildman–Crippen MR) is 117 cm³/mol. The molecule has 142 valence electrons. The molecule has 1 aromatic heterocycles. The normalized spacial score (nSPS) is 23.1. The number of halogens is 1. The molecule has 2 aromatic carbocycles. The minimum Gasteiger partial charge on any atom is -0.437 e. The van der Waals surface area contributed by atoms with Crippen LogP contribution in [0, 0.1) is 3.57 Å². The molecule has 2 bridgehead atoms. The number of piperidine rings is 1. The molecule has 0 aliphatic carbocycles. The number of benzene rings is 2. The maximum atomic E-state index is 5.94. The van der Waals surface area contributed by atoms with Gasteiger partial charge in [0.05, 0.1) is 12.4 Å². The summed E-state index contributed by atoms with van der Waals surface area (Å²) < 4.78 is 7.21. The summed E-state index contributed by atoms with van der Waals surface area (Å²) in [4.78, 5) is 10.8. The summed E-state index contributed by atoms with van der Waals surface area (Å²) in [5, 5.41) is 0. The van der Waals surface area contributed by atoms with Crippen molar-refractivity contribution in [3.8, 4) is 11.6 Å². The summed E-state index contributed by atoms with van der Waals surface area (Å²) in [5.41, 5.74) is 9.90. The van der Waals surface area contributed by atoms with Crippen LogP contribution < -0.4 is 10.5 Å². The SMILES string of the molecule is Nc1cnc(Oc2ccc3c(c2)CN2CCC3(c3ccc(I)cc3)CC2)cn1. The number of nitrogens with two attached hydrogens (primary N) is 1. The number of anilines is 1. The molecule has 0 amide bonds. The second-order valence-corrected chi connectivity index (χ2v) is 8.81. The molecule has 5 nitrogen and oxygen atoms in total. The second-order valence-electron chi connectivity index (χ2n) is 7.57. The van der Waals surface area contributed by atoms with Gasteiger partial charge in [-0.05, 0) is 89.5 Å². The molecule has 0 radical (unpaired) electrons. The molecule has 3 aromatic rings. The van der Waals surface area contributed by atoms with E-state index in [0.29, 0.717) is 11.7 Å². The number of rotatable bonds is 3. The van der Waals surface area contributed by atoms with Gasteiger partial charge < -0.3 is 10.5 Å². The standard InChI is InChI=1S/C22H21IN4O/c23-17-3-1-16(2-4-17)22-7-9-27(10-8-22)14-15-11-18(5-6-19(15)22)28-21-13-25-20(24)12-26-21/h1-6,11-13H,7-10,14H2,(H2,24,25). The van der Waals surface area contributed by atoms with Crippen LogP contribution in [0.1, 0.15) is 29.5 Å². The van der Waals surface area contributed by atoms with Crippen LogP contribution in [0.3, 0.4) is 0 Å². The van der Waals surface area contributed by atoms with Gasteiger partial charge >= 0.3 is 0 Å². The van der Waals surface area contributed by atoms with Crippen LogP contribution in [-0.4, -0.2) is 28.0 Å². The molecule has 2 N–H and O–H groups in total. The van der Waals surface area contributed by atoms with E-state index in [1.165, 1.54) is 26.5 Å². The minimum absolute atomic E-state index is 0.0895. The third kappa shape index (κ3) is 3.14. The summed E-state index contributed by atoms with van der Waals surface area (Å²) in [6.45, 7) is 3.21. The lowest BCUT2D eigenvalue weighted by atomic mass is 9.68. The average Bonchev–Trinajstić information content (AvgIpc) is 2.96. The quantitative estimate of drug-likeness (QED) is 0.561. The third-order valence-corrected chi connectivity index (χ3v) is 6.68. The first-order chi connectivity index (χ1) is 13.6. The zero-order chi connectivity index (χ0) is 19.1. The van der Waals surface area contributed by atoms with Gasteiger partial charge in [-0.1, -0.05) is 18.2 Å². The summed E-state index contributed by atoms with van der Waals surface area (Å²) in [6, 6.07) is 15.5. The van der Waals surface area contributed by atoms with E-state index in [1.807, 2.05) is 0 Å². The lowest BCUT2D eigenvalue weighted by Gasteiger charge is -2.39. The zero-order valence-electron chi connectivity index (χ0n) is 15.4. The Morgan fingerprint density at radius 3 is 2.50 bits per heavy atom.